The first-order chi connectivity index (χ1) is 8.31. The Bertz CT molecular complexity index is 402. The fourth-order valence-electron chi connectivity index (χ4n) is 2.57. The number of amides is 1. The van der Waals surface area contributed by atoms with Crippen molar-refractivity contribution < 1.29 is 4.79 Å². The molecule has 0 bridgehead atoms. The highest BCUT2D eigenvalue weighted by atomic mass is 32.1. The largest absolute Gasteiger partial charge is 0.313 e. The van der Waals surface area contributed by atoms with Crippen LogP contribution in [0, 0.1) is 0 Å². The molecule has 0 radical (unpaired) electrons. The summed E-state index contributed by atoms with van der Waals surface area (Å²) in [5, 5.41) is 7.05. The molecule has 0 spiro atoms. The van der Waals surface area contributed by atoms with E-state index in [9.17, 15) is 4.79 Å². The number of thiazole rings is 1. The molecule has 92 valence electrons. The van der Waals surface area contributed by atoms with Gasteiger partial charge < -0.3 is 10.6 Å². The summed E-state index contributed by atoms with van der Waals surface area (Å²) in [6.07, 6.45) is 6.29. The molecule has 1 amide bonds. The lowest BCUT2D eigenvalue weighted by Crippen LogP contribution is -2.27. The third kappa shape index (κ3) is 2.50. The van der Waals surface area contributed by atoms with Crippen LogP contribution in [-0.4, -0.2) is 23.5 Å². The van der Waals surface area contributed by atoms with E-state index in [1.54, 1.807) is 11.3 Å². The zero-order chi connectivity index (χ0) is 11.7. The van der Waals surface area contributed by atoms with E-state index in [1.807, 2.05) is 0 Å². The van der Waals surface area contributed by atoms with Crippen molar-refractivity contribution in [2.45, 2.75) is 44.6 Å². The van der Waals surface area contributed by atoms with E-state index in [1.165, 1.54) is 23.4 Å². The van der Waals surface area contributed by atoms with Crippen molar-refractivity contribution in [3.05, 3.63) is 10.6 Å². The maximum atomic E-state index is 11.8. The molecule has 5 heteroatoms. The van der Waals surface area contributed by atoms with Crippen LogP contribution in [0.3, 0.4) is 0 Å². The molecule has 0 saturated carbocycles. The Balaban J connectivity index is 1.56. The maximum Gasteiger partial charge on any atom is 0.227 e. The lowest BCUT2D eigenvalue weighted by molar-refractivity contribution is -0.116. The molecule has 1 aliphatic carbocycles. The van der Waals surface area contributed by atoms with E-state index in [0.29, 0.717) is 12.5 Å². The number of carbonyl (C=O) groups is 1. The van der Waals surface area contributed by atoms with Crippen molar-refractivity contribution in [3.8, 4) is 0 Å². The number of aryl methyl sites for hydroxylation is 2. The molecule has 2 N–H and O–H groups in total. The minimum absolute atomic E-state index is 0.0943. The third-order valence-corrected chi connectivity index (χ3v) is 4.51. The molecule has 1 aliphatic heterocycles. The van der Waals surface area contributed by atoms with E-state index in [0.717, 1.165) is 30.9 Å². The smallest absolute Gasteiger partial charge is 0.227 e. The third-order valence-electron chi connectivity index (χ3n) is 3.44. The Labute approximate surface area is 105 Å². The zero-order valence-corrected chi connectivity index (χ0v) is 10.6. The maximum absolute atomic E-state index is 11.8. The van der Waals surface area contributed by atoms with E-state index < -0.39 is 0 Å². The molecule has 1 fully saturated rings. The Hall–Kier alpha value is -0.940. The van der Waals surface area contributed by atoms with Crippen LogP contribution in [0.5, 0.6) is 0 Å². The summed E-state index contributed by atoms with van der Waals surface area (Å²) in [7, 11) is 0. The van der Waals surface area contributed by atoms with Crippen LogP contribution >= 0.6 is 11.3 Å². The Morgan fingerprint density at radius 2 is 2.41 bits per heavy atom. The minimum atomic E-state index is 0.0943. The lowest BCUT2D eigenvalue weighted by Gasteiger charge is -2.08. The first-order valence-corrected chi connectivity index (χ1v) is 7.15. The molecule has 4 nitrogen and oxygen atoms in total. The molecule has 0 aromatic carbocycles. The number of nitrogens with zero attached hydrogens (tertiary/aromatic N) is 1. The van der Waals surface area contributed by atoms with E-state index in [4.69, 9.17) is 0 Å². The van der Waals surface area contributed by atoms with E-state index in [2.05, 4.69) is 15.6 Å². The van der Waals surface area contributed by atoms with Gasteiger partial charge >= 0.3 is 0 Å². The summed E-state index contributed by atoms with van der Waals surface area (Å²) in [4.78, 5) is 17.6. The molecule has 1 atom stereocenters. The minimum Gasteiger partial charge on any atom is -0.313 e. The van der Waals surface area contributed by atoms with Crippen LogP contribution in [0.2, 0.25) is 0 Å². The number of carbonyl (C=O) groups excluding carboxylic acids is 1. The van der Waals surface area contributed by atoms with Gasteiger partial charge in [-0.15, -0.1) is 11.3 Å². The fraction of sp³-hybridized carbons (Fsp3) is 0.667. The number of fused-ring (bicyclic) bond motifs is 1. The molecular weight excluding hydrogens is 234 g/mol. The zero-order valence-electron chi connectivity index (χ0n) is 9.79. The second-order valence-corrected chi connectivity index (χ2v) is 5.87. The van der Waals surface area contributed by atoms with Crippen molar-refractivity contribution in [2.75, 3.05) is 11.9 Å². The number of aromatic nitrogens is 1. The van der Waals surface area contributed by atoms with Gasteiger partial charge in [-0.05, 0) is 38.6 Å². The monoisotopic (exact) mass is 251 g/mol. The average Bonchev–Trinajstić information content (AvgIpc) is 2.92. The van der Waals surface area contributed by atoms with Gasteiger partial charge in [-0.2, -0.15) is 0 Å². The standard InChI is InChI=1S/C12H17N3OS/c16-11(7-8-3-2-6-13-8)15-12-14-9-4-1-5-10(9)17-12/h8,13H,1-7H2,(H,14,15,16). The number of nitrogens with one attached hydrogen (secondary N) is 2. The average molecular weight is 251 g/mol. The number of rotatable bonds is 3. The summed E-state index contributed by atoms with van der Waals surface area (Å²) in [6, 6.07) is 0.363. The van der Waals surface area contributed by atoms with Gasteiger partial charge in [0.15, 0.2) is 5.13 Å². The second kappa shape index (κ2) is 4.74. The van der Waals surface area contributed by atoms with Gasteiger partial charge in [-0.3, -0.25) is 4.79 Å². The summed E-state index contributed by atoms with van der Waals surface area (Å²) in [5.41, 5.74) is 1.20. The highest BCUT2D eigenvalue weighted by Crippen LogP contribution is 2.30. The topological polar surface area (TPSA) is 54.0 Å². The van der Waals surface area contributed by atoms with Gasteiger partial charge in [0, 0.05) is 17.3 Å². The predicted molar refractivity (Wildman–Crippen MR) is 68.4 cm³/mol. The van der Waals surface area contributed by atoms with Gasteiger partial charge in [-0.1, -0.05) is 0 Å². The van der Waals surface area contributed by atoms with Gasteiger partial charge in [0.2, 0.25) is 5.91 Å². The van der Waals surface area contributed by atoms with Crippen molar-refractivity contribution in [2.24, 2.45) is 0 Å². The quantitative estimate of drug-likeness (QED) is 0.860. The van der Waals surface area contributed by atoms with Gasteiger partial charge in [0.05, 0.1) is 5.69 Å². The first-order valence-electron chi connectivity index (χ1n) is 6.33. The number of anilines is 1. The molecular formula is C12H17N3OS. The molecule has 1 unspecified atom stereocenters. The lowest BCUT2D eigenvalue weighted by atomic mass is 10.1. The van der Waals surface area contributed by atoms with Crippen LogP contribution in [0.4, 0.5) is 5.13 Å². The van der Waals surface area contributed by atoms with Crippen molar-refractivity contribution in [1.82, 2.24) is 10.3 Å². The van der Waals surface area contributed by atoms with Crippen molar-refractivity contribution >= 4 is 22.4 Å². The molecule has 2 aliphatic rings. The highest BCUT2D eigenvalue weighted by molar-refractivity contribution is 7.15. The molecule has 17 heavy (non-hydrogen) atoms. The van der Waals surface area contributed by atoms with Gasteiger partial charge in [0.1, 0.15) is 0 Å². The predicted octanol–water partition coefficient (Wildman–Crippen LogP) is 1.71. The van der Waals surface area contributed by atoms with Gasteiger partial charge in [-0.25, -0.2) is 4.98 Å². The van der Waals surface area contributed by atoms with E-state index in [-0.39, 0.29) is 5.91 Å². The Kier molecular flexibility index (Phi) is 3.11. The summed E-state index contributed by atoms with van der Waals surface area (Å²) >= 11 is 1.64. The summed E-state index contributed by atoms with van der Waals surface area (Å²) < 4.78 is 0. The van der Waals surface area contributed by atoms with Crippen LogP contribution in [0.15, 0.2) is 0 Å². The number of hydrogen-bond donors (Lipinski definition) is 2. The van der Waals surface area contributed by atoms with Crippen LogP contribution in [0.25, 0.3) is 0 Å². The fourth-order valence-corrected chi connectivity index (χ4v) is 3.63. The summed E-state index contributed by atoms with van der Waals surface area (Å²) in [5.74, 6) is 0.0943. The molecule has 2 heterocycles. The first kappa shape index (κ1) is 11.2. The Morgan fingerprint density at radius 3 is 3.18 bits per heavy atom. The van der Waals surface area contributed by atoms with Crippen LogP contribution in [-0.2, 0) is 17.6 Å². The second-order valence-electron chi connectivity index (χ2n) is 4.79. The molecule has 1 aromatic heterocycles. The SMILES string of the molecule is O=C(CC1CCCN1)Nc1nc2c(s1)CCC2. The number of hydrogen-bond acceptors (Lipinski definition) is 4. The van der Waals surface area contributed by atoms with Crippen LogP contribution in [0.1, 0.15) is 36.3 Å². The highest BCUT2D eigenvalue weighted by Gasteiger charge is 2.20. The van der Waals surface area contributed by atoms with Gasteiger partial charge in [0.25, 0.3) is 0 Å². The molecule has 3 rings (SSSR count). The molecule has 1 saturated heterocycles. The van der Waals surface area contributed by atoms with E-state index >= 15 is 0 Å². The Morgan fingerprint density at radius 1 is 1.47 bits per heavy atom. The molecule has 1 aromatic rings. The normalized spacial score (nSPS) is 22.7. The van der Waals surface area contributed by atoms with Crippen molar-refractivity contribution in [1.29, 1.82) is 0 Å². The van der Waals surface area contributed by atoms with Crippen molar-refractivity contribution in [3.63, 3.8) is 0 Å². The van der Waals surface area contributed by atoms with Crippen LogP contribution < -0.4 is 10.6 Å². The summed E-state index contributed by atoms with van der Waals surface area (Å²) in [6.45, 7) is 1.05.